The fourth-order valence-corrected chi connectivity index (χ4v) is 4.31. The second kappa shape index (κ2) is 4.18. The minimum atomic E-state index is -0.319. The molecule has 1 spiro atoms. The SMILES string of the molecule is CSN1C(=S)N(C(C)C)C(=O)C12CCCC2. The molecule has 2 fully saturated rings. The maximum absolute atomic E-state index is 12.5. The van der Waals surface area contributed by atoms with Crippen LogP contribution in [0.25, 0.3) is 0 Å². The molecule has 2 aliphatic rings. The largest absolute Gasteiger partial charge is 0.284 e. The summed E-state index contributed by atoms with van der Waals surface area (Å²) in [6, 6.07) is 0.162. The second-order valence-corrected chi connectivity index (χ2v) is 5.86. The monoisotopic (exact) mass is 258 g/mol. The van der Waals surface area contributed by atoms with Gasteiger partial charge in [0.1, 0.15) is 5.54 Å². The van der Waals surface area contributed by atoms with Gasteiger partial charge in [0.2, 0.25) is 0 Å². The zero-order chi connectivity index (χ0) is 11.9. The van der Waals surface area contributed by atoms with E-state index < -0.39 is 0 Å². The van der Waals surface area contributed by atoms with E-state index in [1.165, 1.54) is 0 Å². The average molecular weight is 258 g/mol. The number of amides is 1. The Hall–Kier alpha value is -0.290. The summed E-state index contributed by atoms with van der Waals surface area (Å²) >= 11 is 7.03. The molecule has 16 heavy (non-hydrogen) atoms. The molecule has 0 unspecified atom stereocenters. The van der Waals surface area contributed by atoms with Crippen LogP contribution < -0.4 is 0 Å². The number of rotatable bonds is 2. The van der Waals surface area contributed by atoms with Crippen LogP contribution in [-0.2, 0) is 4.79 Å². The van der Waals surface area contributed by atoms with Crippen LogP contribution in [0.4, 0.5) is 0 Å². The summed E-state index contributed by atoms with van der Waals surface area (Å²) in [7, 11) is 0. The molecule has 1 aliphatic carbocycles. The summed E-state index contributed by atoms with van der Waals surface area (Å²) < 4.78 is 2.07. The van der Waals surface area contributed by atoms with Gasteiger partial charge in [0, 0.05) is 12.3 Å². The van der Waals surface area contributed by atoms with Gasteiger partial charge in [0.15, 0.2) is 5.11 Å². The first-order chi connectivity index (χ1) is 7.54. The predicted molar refractivity (Wildman–Crippen MR) is 71.1 cm³/mol. The van der Waals surface area contributed by atoms with E-state index in [1.807, 2.05) is 20.1 Å². The Bertz CT molecular complexity index is 324. The summed E-state index contributed by atoms with van der Waals surface area (Å²) in [4.78, 5) is 14.3. The van der Waals surface area contributed by atoms with Gasteiger partial charge < -0.3 is 0 Å². The molecule has 90 valence electrons. The fraction of sp³-hybridized carbons (Fsp3) is 0.818. The van der Waals surface area contributed by atoms with Gasteiger partial charge in [-0.2, -0.15) is 0 Å². The van der Waals surface area contributed by atoms with E-state index in [0.29, 0.717) is 5.11 Å². The van der Waals surface area contributed by atoms with Crippen molar-refractivity contribution >= 4 is 35.2 Å². The van der Waals surface area contributed by atoms with Crippen molar-refractivity contribution in [3.63, 3.8) is 0 Å². The van der Waals surface area contributed by atoms with Gasteiger partial charge in [-0.25, -0.2) is 0 Å². The molecule has 1 heterocycles. The first-order valence-electron chi connectivity index (χ1n) is 5.76. The summed E-state index contributed by atoms with van der Waals surface area (Å²) in [5.74, 6) is 0.222. The zero-order valence-corrected chi connectivity index (χ0v) is 11.7. The third kappa shape index (κ3) is 1.48. The van der Waals surface area contributed by atoms with Crippen LogP contribution in [-0.4, -0.2) is 38.1 Å². The van der Waals surface area contributed by atoms with Crippen molar-refractivity contribution in [1.29, 1.82) is 0 Å². The van der Waals surface area contributed by atoms with Crippen molar-refractivity contribution in [3.8, 4) is 0 Å². The topological polar surface area (TPSA) is 23.6 Å². The molecular weight excluding hydrogens is 240 g/mol. The van der Waals surface area contributed by atoms with E-state index in [2.05, 4.69) is 4.31 Å². The second-order valence-electron chi connectivity index (χ2n) is 4.77. The van der Waals surface area contributed by atoms with Crippen molar-refractivity contribution in [2.75, 3.05) is 6.26 Å². The van der Waals surface area contributed by atoms with E-state index in [9.17, 15) is 4.79 Å². The van der Waals surface area contributed by atoms with Gasteiger partial charge in [-0.3, -0.25) is 14.0 Å². The summed E-state index contributed by atoms with van der Waals surface area (Å²) in [5, 5.41) is 0.703. The lowest BCUT2D eigenvalue weighted by Crippen LogP contribution is -2.44. The highest BCUT2D eigenvalue weighted by atomic mass is 32.2. The van der Waals surface area contributed by atoms with E-state index in [-0.39, 0.29) is 17.5 Å². The normalized spacial score (nSPS) is 24.2. The van der Waals surface area contributed by atoms with Gasteiger partial charge in [-0.1, -0.05) is 24.8 Å². The molecule has 1 amide bonds. The number of carbonyl (C=O) groups is 1. The molecule has 0 radical (unpaired) electrons. The van der Waals surface area contributed by atoms with E-state index in [1.54, 1.807) is 16.8 Å². The standard InChI is InChI=1S/C11H18N2OS2/c1-8(2)12-9(14)11(6-4-5-7-11)13(16-3)10(12)15/h8H,4-7H2,1-3H3. The van der Waals surface area contributed by atoms with Crippen molar-refractivity contribution in [3.05, 3.63) is 0 Å². The molecule has 0 bridgehead atoms. The fourth-order valence-electron chi connectivity index (χ4n) is 2.76. The molecule has 1 aliphatic heterocycles. The number of hydrogen-bond donors (Lipinski definition) is 0. The predicted octanol–water partition coefficient (Wildman–Crippen LogP) is 2.41. The maximum atomic E-state index is 12.5. The lowest BCUT2D eigenvalue weighted by atomic mass is 9.97. The highest BCUT2D eigenvalue weighted by Crippen LogP contribution is 2.45. The Morgan fingerprint density at radius 3 is 2.38 bits per heavy atom. The third-order valence-electron chi connectivity index (χ3n) is 3.52. The zero-order valence-electron chi connectivity index (χ0n) is 10.0. The van der Waals surface area contributed by atoms with Crippen LogP contribution in [0, 0.1) is 0 Å². The van der Waals surface area contributed by atoms with Crippen LogP contribution in [0.1, 0.15) is 39.5 Å². The lowest BCUT2D eigenvalue weighted by Gasteiger charge is -2.29. The molecule has 5 heteroatoms. The maximum Gasteiger partial charge on any atom is 0.255 e. The first-order valence-corrected chi connectivity index (χ1v) is 7.35. The van der Waals surface area contributed by atoms with Crippen molar-refractivity contribution in [2.45, 2.75) is 51.1 Å². The smallest absolute Gasteiger partial charge is 0.255 e. The van der Waals surface area contributed by atoms with Gasteiger partial charge >= 0.3 is 0 Å². The Labute approximate surface area is 107 Å². The minimum Gasteiger partial charge on any atom is -0.284 e. The van der Waals surface area contributed by atoms with Crippen LogP contribution >= 0.6 is 24.2 Å². The minimum absolute atomic E-state index is 0.162. The summed E-state index contributed by atoms with van der Waals surface area (Å²) in [6.45, 7) is 4.05. The molecule has 0 N–H and O–H groups in total. The molecule has 0 aromatic carbocycles. The number of thiocarbonyl (C=S) groups is 1. The summed E-state index contributed by atoms with van der Waals surface area (Å²) in [5.41, 5.74) is -0.319. The van der Waals surface area contributed by atoms with Crippen LogP contribution in [0.5, 0.6) is 0 Å². The first kappa shape index (κ1) is 12.2. The molecule has 2 rings (SSSR count). The Morgan fingerprint density at radius 1 is 1.38 bits per heavy atom. The molecule has 0 aromatic heterocycles. The number of hydrogen-bond acceptors (Lipinski definition) is 3. The van der Waals surface area contributed by atoms with Crippen LogP contribution in [0.15, 0.2) is 0 Å². The highest BCUT2D eigenvalue weighted by Gasteiger charge is 2.56. The number of nitrogens with zero attached hydrogens (tertiary/aromatic N) is 2. The van der Waals surface area contributed by atoms with Crippen LogP contribution in [0.2, 0.25) is 0 Å². The average Bonchev–Trinajstić information content (AvgIpc) is 2.75. The Balaban J connectivity index is 2.38. The Morgan fingerprint density at radius 2 is 1.94 bits per heavy atom. The Kier molecular flexibility index (Phi) is 3.18. The summed E-state index contributed by atoms with van der Waals surface area (Å²) in [6.07, 6.45) is 6.18. The molecule has 0 atom stereocenters. The van der Waals surface area contributed by atoms with Gasteiger partial charge in [-0.05, 0) is 38.9 Å². The van der Waals surface area contributed by atoms with Gasteiger partial charge in [-0.15, -0.1) is 0 Å². The van der Waals surface area contributed by atoms with Gasteiger partial charge in [0.05, 0.1) is 0 Å². The van der Waals surface area contributed by atoms with E-state index in [4.69, 9.17) is 12.2 Å². The third-order valence-corrected chi connectivity index (χ3v) is 4.90. The molecule has 3 nitrogen and oxygen atoms in total. The van der Waals surface area contributed by atoms with Crippen molar-refractivity contribution in [1.82, 2.24) is 9.21 Å². The lowest BCUT2D eigenvalue weighted by molar-refractivity contribution is -0.132. The van der Waals surface area contributed by atoms with Gasteiger partial charge in [0.25, 0.3) is 5.91 Å². The molecule has 1 saturated heterocycles. The van der Waals surface area contributed by atoms with E-state index in [0.717, 1.165) is 25.7 Å². The molecular formula is C11H18N2OS2. The van der Waals surface area contributed by atoms with Crippen molar-refractivity contribution < 1.29 is 4.79 Å². The highest BCUT2D eigenvalue weighted by molar-refractivity contribution is 7.98. The molecule has 1 saturated carbocycles. The quantitative estimate of drug-likeness (QED) is 0.560. The molecule has 0 aromatic rings. The number of carbonyl (C=O) groups excluding carboxylic acids is 1. The van der Waals surface area contributed by atoms with Crippen LogP contribution in [0.3, 0.4) is 0 Å². The van der Waals surface area contributed by atoms with E-state index >= 15 is 0 Å². The van der Waals surface area contributed by atoms with Crippen molar-refractivity contribution in [2.24, 2.45) is 0 Å².